The summed E-state index contributed by atoms with van der Waals surface area (Å²) in [5.41, 5.74) is 2.57. The van der Waals surface area contributed by atoms with Gasteiger partial charge < -0.3 is 9.88 Å². The first-order valence-corrected chi connectivity index (χ1v) is 5.70. The lowest BCUT2D eigenvalue weighted by atomic mass is 10.2. The topological polar surface area (TPSA) is 29.9 Å². The first-order valence-electron chi connectivity index (χ1n) is 5.70. The maximum absolute atomic E-state index is 4.15. The van der Waals surface area contributed by atoms with Crippen LogP contribution in [-0.2, 0) is 6.54 Å². The lowest BCUT2D eigenvalue weighted by Gasteiger charge is -2.04. The molecule has 0 bridgehead atoms. The van der Waals surface area contributed by atoms with Crippen molar-refractivity contribution in [2.24, 2.45) is 0 Å². The van der Waals surface area contributed by atoms with Gasteiger partial charge in [0.15, 0.2) is 0 Å². The van der Waals surface area contributed by atoms with Crippen LogP contribution in [-0.4, -0.2) is 22.1 Å². The third-order valence-electron chi connectivity index (χ3n) is 2.73. The molecule has 0 aromatic carbocycles. The summed E-state index contributed by atoms with van der Waals surface area (Å²) in [4.78, 5) is 4.15. The molecule has 0 radical (unpaired) electrons. The minimum atomic E-state index is 0.782. The summed E-state index contributed by atoms with van der Waals surface area (Å²) < 4.78 is 2.15. The Morgan fingerprint density at radius 1 is 1.67 bits per heavy atom. The van der Waals surface area contributed by atoms with E-state index in [2.05, 4.69) is 34.8 Å². The highest BCUT2D eigenvalue weighted by atomic mass is 15.0. The molecule has 1 aliphatic rings. The molecule has 3 nitrogen and oxygen atoms in total. The molecule has 82 valence electrons. The molecule has 2 rings (SSSR count). The minimum absolute atomic E-state index is 0.782. The van der Waals surface area contributed by atoms with Gasteiger partial charge in [0.1, 0.15) is 0 Å². The van der Waals surface area contributed by atoms with Gasteiger partial charge >= 0.3 is 0 Å². The van der Waals surface area contributed by atoms with Crippen LogP contribution >= 0.6 is 0 Å². The summed E-state index contributed by atoms with van der Waals surface area (Å²) in [6.45, 7) is 6.29. The van der Waals surface area contributed by atoms with E-state index >= 15 is 0 Å². The van der Waals surface area contributed by atoms with Crippen LogP contribution in [0.2, 0.25) is 0 Å². The first kappa shape index (κ1) is 10.4. The number of nitrogens with one attached hydrogen (secondary N) is 1. The van der Waals surface area contributed by atoms with Crippen LogP contribution in [0.4, 0.5) is 0 Å². The van der Waals surface area contributed by atoms with E-state index in [9.17, 15) is 0 Å². The highest BCUT2D eigenvalue weighted by Gasteiger charge is 2.19. The lowest BCUT2D eigenvalue weighted by Crippen LogP contribution is -2.18. The zero-order valence-electron chi connectivity index (χ0n) is 9.53. The minimum Gasteiger partial charge on any atom is -0.331 e. The van der Waals surface area contributed by atoms with E-state index in [0.29, 0.717) is 0 Å². The molecule has 3 heteroatoms. The molecular weight excluding hydrogens is 186 g/mol. The normalized spacial score (nSPS) is 17.1. The maximum Gasteiger partial charge on any atom is 0.0950 e. The van der Waals surface area contributed by atoms with Crippen LogP contribution in [0, 0.1) is 0 Å². The molecule has 1 N–H and O–H groups in total. The van der Waals surface area contributed by atoms with Gasteiger partial charge in [-0.25, -0.2) is 4.98 Å². The van der Waals surface area contributed by atoms with Crippen molar-refractivity contribution >= 4 is 6.08 Å². The van der Waals surface area contributed by atoms with E-state index in [0.717, 1.165) is 19.1 Å². The van der Waals surface area contributed by atoms with E-state index < -0.39 is 0 Å². The maximum atomic E-state index is 4.15. The quantitative estimate of drug-likeness (QED) is 0.797. The van der Waals surface area contributed by atoms with Crippen LogP contribution in [0.25, 0.3) is 6.08 Å². The Morgan fingerprint density at radius 2 is 2.47 bits per heavy atom. The van der Waals surface area contributed by atoms with Crippen molar-refractivity contribution in [3.05, 3.63) is 23.8 Å². The highest BCUT2D eigenvalue weighted by Crippen LogP contribution is 2.18. The molecule has 0 saturated heterocycles. The SMILES string of the molecule is CCn1cncc1C=C(C)CNC1CC1. The zero-order chi connectivity index (χ0) is 10.7. The molecule has 1 aromatic rings. The summed E-state index contributed by atoms with van der Waals surface area (Å²) in [5.74, 6) is 0. The van der Waals surface area contributed by atoms with Gasteiger partial charge in [-0.2, -0.15) is 0 Å². The van der Waals surface area contributed by atoms with E-state index in [1.165, 1.54) is 24.1 Å². The van der Waals surface area contributed by atoms with E-state index in [1.807, 2.05) is 12.5 Å². The lowest BCUT2D eigenvalue weighted by molar-refractivity contribution is 0.732. The molecule has 1 fully saturated rings. The molecule has 1 heterocycles. The summed E-state index contributed by atoms with van der Waals surface area (Å²) in [7, 11) is 0. The molecule has 1 aromatic heterocycles. The van der Waals surface area contributed by atoms with E-state index in [4.69, 9.17) is 0 Å². The van der Waals surface area contributed by atoms with E-state index in [1.54, 1.807) is 0 Å². The van der Waals surface area contributed by atoms with Gasteiger partial charge in [0, 0.05) is 19.1 Å². The Balaban J connectivity index is 1.94. The van der Waals surface area contributed by atoms with Gasteiger partial charge in [-0.1, -0.05) is 5.57 Å². The molecule has 0 atom stereocenters. The Kier molecular flexibility index (Phi) is 3.21. The number of hydrogen-bond donors (Lipinski definition) is 1. The van der Waals surface area contributed by atoms with Crippen molar-refractivity contribution in [3.8, 4) is 0 Å². The smallest absolute Gasteiger partial charge is 0.0950 e. The zero-order valence-corrected chi connectivity index (χ0v) is 9.53. The van der Waals surface area contributed by atoms with Crippen molar-refractivity contribution in [2.75, 3.05) is 6.54 Å². The van der Waals surface area contributed by atoms with Crippen LogP contribution in [0.5, 0.6) is 0 Å². The highest BCUT2D eigenvalue weighted by molar-refractivity contribution is 5.48. The van der Waals surface area contributed by atoms with Gasteiger partial charge in [0.25, 0.3) is 0 Å². The average Bonchev–Trinajstić information content (AvgIpc) is 2.96. The Bertz CT molecular complexity index is 348. The number of imidazole rings is 1. The third kappa shape index (κ3) is 2.93. The van der Waals surface area contributed by atoms with E-state index in [-0.39, 0.29) is 0 Å². The number of nitrogens with zero attached hydrogens (tertiary/aromatic N) is 2. The van der Waals surface area contributed by atoms with Crippen molar-refractivity contribution in [3.63, 3.8) is 0 Å². The number of aromatic nitrogens is 2. The van der Waals surface area contributed by atoms with Gasteiger partial charge in [0.05, 0.1) is 18.2 Å². The molecule has 0 aliphatic heterocycles. The van der Waals surface area contributed by atoms with Crippen molar-refractivity contribution < 1.29 is 0 Å². The fourth-order valence-corrected chi connectivity index (χ4v) is 1.61. The monoisotopic (exact) mass is 205 g/mol. The average molecular weight is 205 g/mol. The van der Waals surface area contributed by atoms with Crippen LogP contribution in [0.15, 0.2) is 18.1 Å². The predicted molar refractivity (Wildman–Crippen MR) is 62.6 cm³/mol. The third-order valence-corrected chi connectivity index (χ3v) is 2.73. The second-order valence-electron chi connectivity index (χ2n) is 4.25. The van der Waals surface area contributed by atoms with Gasteiger partial charge in [0.2, 0.25) is 0 Å². The first-order chi connectivity index (χ1) is 7.29. The fourth-order valence-electron chi connectivity index (χ4n) is 1.61. The molecule has 1 aliphatic carbocycles. The van der Waals surface area contributed by atoms with Crippen molar-refractivity contribution in [1.82, 2.24) is 14.9 Å². The van der Waals surface area contributed by atoms with Crippen molar-refractivity contribution in [2.45, 2.75) is 39.3 Å². The number of aryl methyl sites for hydroxylation is 1. The molecular formula is C12H19N3. The van der Waals surface area contributed by atoms with Crippen LogP contribution < -0.4 is 5.32 Å². The van der Waals surface area contributed by atoms with Gasteiger partial charge in [-0.15, -0.1) is 0 Å². The second kappa shape index (κ2) is 4.62. The predicted octanol–water partition coefficient (Wildman–Crippen LogP) is 2.06. The number of hydrogen-bond acceptors (Lipinski definition) is 2. The molecule has 0 spiro atoms. The second-order valence-corrected chi connectivity index (χ2v) is 4.25. The van der Waals surface area contributed by atoms with Gasteiger partial charge in [-0.3, -0.25) is 0 Å². The standard InChI is InChI=1S/C12H19N3/c1-3-15-9-13-8-12(15)6-10(2)7-14-11-4-5-11/h6,8-9,11,14H,3-5,7H2,1-2H3. The Labute approximate surface area is 91.2 Å². The van der Waals surface area contributed by atoms with Crippen LogP contribution in [0.3, 0.4) is 0 Å². The summed E-state index contributed by atoms with van der Waals surface area (Å²) in [5, 5.41) is 3.51. The molecule has 15 heavy (non-hydrogen) atoms. The molecule has 1 saturated carbocycles. The Hall–Kier alpha value is -1.09. The molecule has 0 unspecified atom stereocenters. The molecule has 0 amide bonds. The van der Waals surface area contributed by atoms with Crippen LogP contribution in [0.1, 0.15) is 32.4 Å². The summed E-state index contributed by atoms with van der Waals surface area (Å²) in [6.07, 6.45) is 8.71. The summed E-state index contributed by atoms with van der Waals surface area (Å²) in [6, 6.07) is 0.782. The fraction of sp³-hybridized carbons (Fsp3) is 0.583. The summed E-state index contributed by atoms with van der Waals surface area (Å²) >= 11 is 0. The number of rotatable bonds is 5. The van der Waals surface area contributed by atoms with Crippen molar-refractivity contribution in [1.29, 1.82) is 0 Å². The van der Waals surface area contributed by atoms with Gasteiger partial charge in [-0.05, 0) is 32.8 Å². The Morgan fingerprint density at radius 3 is 3.13 bits per heavy atom. The largest absolute Gasteiger partial charge is 0.331 e.